The van der Waals surface area contributed by atoms with Gasteiger partial charge in [0.15, 0.2) is 0 Å². The number of carbonyl (C=O) groups excluding carboxylic acids is 2. The van der Waals surface area contributed by atoms with E-state index in [1.54, 1.807) is 0 Å². The zero-order valence-corrected chi connectivity index (χ0v) is 23.3. The van der Waals surface area contributed by atoms with Gasteiger partial charge in [0.1, 0.15) is 11.5 Å². The van der Waals surface area contributed by atoms with Gasteiger partial charge in [-0.1, -0.05) is 132 Å². The SMILES string of the molecule is CCCCCCCCCCCCCCCCCC(=O)NC1=NN(c2c(Cl)cc(Cl)cc2Cl)C(=O)C1. The van der Waals surface area contributed by atoms with E-state index in [4.69, 9.17) is 34.8 Å². The fourth-order valence-electron chi connectivity index (χ4n) is 4.29. The standard InChI is InChI=1S/C27H40Cl3N3O2/c1-2-3-4-5-6-7-8-9-10-11-12-13-14-15-16-17-25(34)31-24-20-26(35)33(32-24)27-22(29)18-21(28)19-23(27)30/h18-19H,2-17,20H2,1H3,(H,31,32,34). The van der Waals surface area contributed by atoms with Crippen LogP contribution in [0.3, 0.4) is 0 Å². The molecule has 196 valence electrons. The van der Waals surface area contributed by atoms with E-state index in [1.165, 1.54) is 89.2 Å². The molecule has 1 aliphatic rings. The first kappa shape index (κ1) is 29.9. The monoisotopic (exact) mass is 543 g/mol. The topological polar surface area (TPSA) is 61.8 Å². The second kappa shape index (κ2) is 17.2. The maximum atomic E-state index is 12.4. The number of benzene rings is 1. The van der Waals surface area contributed by atoms with Crippen molar-refractivity contribution in [3.05, 3.63) is 27.2 Å². The van der Waals surface area contributed by atoms with Gasteiger partial charge < -0.3 is 5.32 Å². The number of hydrogen-bond acceptors (Lipinski definition) is 3. The van der Waals surface area contributed by atoms with Crippen LogP contribution >= 0.6 is 34.8 Å². The van der Waals surface area contributed by atoms with E-state index in [1.807, 2.05) is 0 Å². The summed E-state index contributed by atoms with van der Waals surface area (Å²) in [5.74, 6) is -0.122. The lowest BCUT2D eigenvalue weighted by atomic mass is 10.0. The van der Waals surface area contributed by atoms with E-state index in [0.29, 0.717) is 17.3 Å². The Morgan fingerprint density at radius 2 is 1.29 bits per heavy atom. The molecule has 1 aromatic rings. The van der Waals surface area contributed by atoms with E-state index >= 15 is 0 Å². The number of anilines is 1. The minimum absolute atomic E-state index is 0.000118. The molecule has 0 spiro atoms. The smallest absolute Gasteiger partial charge is 0.255 e. The van der Waals surface area contributed by atoms with Crippen molar-refractivity contribution in [1.82, 2.24) is 5.32 Å². The number of hydrogen-bond donors (Lipinski definition) is 1. The van der Waals surface area contributed by atoms with Gasteiger partial charge in [-0.2, -0.15) is 10.1 Å². The average Bonchev–Trinajstić information content (AvgIpc) is 3.15. The quantitative estimate of drug-likeness (QED) is 0.199. The summed E-state index contributed by atoms with van der Waals surface area (Å²) in [4.78, 5) is 24.6. The molecule has 0 bridgehead atoms. The molecular formula is C27H40Cl3N3O2. The van der Waals surface area contributed by atoms with E-state index in [0.717, 1.165) is 24.3 Å². The zero-order valence-electron chi connectivity index (χ0n) is 21.0. The van der Waals surface area contributed by atoms with Crippen LogP contribution in [-0.2, 0) is 9.59 Å². The Morgan fingerprint density at radius 1 is 0.829 bits per heavy atom. The zero-order chi connectivity index (χ0) is 25.5. The van der Waals surface area contributed by atoms with E-state index < -0.39 is 0 Å². The molecule has 0 saturated carbocycles. The molecule has 0 atom stereocenters. The second-order valence-corrected chi connectivity index (χ2v) is 10.6. The number of nitrogens with zero attached hydrogens (tertiary/aromatic N) is 2. The summed E-state index contributed by atoms with van der Waals surface area (Å²) in [6, 6.07) is 3.00. The first-order valence-corrected chi connectivity index (χ1v) is 14.4. The molecule has 2 amide bonds. The van der Waals surface area contributed by atoms with Crippen LogP contribution in [0.4, 0.5) is 5.69 Å². The first-order valence-electron chi connectivity index (χ1n) is 13.3. The summed E-state index contributed by atoms with van der Waals surface area (Å²) in [6.45, 7) is 2.26. The van der Waals surface area contributed by atoms with Crippen molar-refractivity contribution in [2.24, 2.45) is 5.10 Å². The van der Waals surface area contributed by atoms with Crippen LogP contribution in [0.25, 0.3) is 0 Å². The van der Waals surface area contributed by atoms with Gasteiger partial charge in [-0.25, -0.2) is 0 Å². The summed E-state index contributed by atoms with van der Waals surface area (Å²) >= 11 is 18.3. The highest BCUT2D eigenvalue weighted by Gasteiger charge is 2.29. The maximum absolute atomic E-state index is 12.4. The first-order chi connectivity index (χ1) is 16.9. The molecule has 0 radical (unpaired) electrons. The molecule has 1 aliphatic heterocycles. The number of unbranched alkanes of at least 4 members (excludes halogenated alkanes) is 14. The molecule has 1 N–H and O–H groups in total. The van der Waals surface area contributed by atoms with Gasteiger partial charge in [-0.3, -0.25) is 9.59 Å². The van der Waals surface area contributed by atoms with Crippen LogP contribution in [-0.4, -0.2) is 17.6 Å². The van der Waals surface area contributed by atoms with E-state index in [2.05, 4.69) is 17.3 Å². The Hall–Kier alpha value is -1.30. The third-order valence-electron chi connectivity index (χ3n) is 6.26. The Balaban J connectivity index is 1.52. The summed E-state index contributed by atoms with van der Waals surface area (Å²) in [6.07, 6.45) is 19.7. The second-order valence-electron chi connectivity index (χ2n) is 9.39. The molecule has 0 unspecified atom stereocenters. The predicted octanol–water partition coefficient (Wildman–Crippen LogP) is 9.07. The number of amidine groups is 1. The maximum Gasteiger partial charge on any atom is 0.255 e. The fourth-order valence-corrected chi connectivity index (χ4v) is 5.27. The molecule has 35 heavy (non-hydrogen) atoms. The van der Waals surface area contributed by atoms with E-state index in [-0.39, 0.29) is 34.0 Å². The van der Waals surface area contributed by atoms with Crippen molar-refractivity contribution in [2.45, 2.75) is 116 Å². The lowest BCUT2D eigenvalue weighted by Crippen LogP contribution is -2.29. The number of hydrazone groups is 1. The highest BCUT2D eigenvalue weighted by atomic mass is 35.5. The molecule has 8 heteroatoms. The van der Waals surface area contributed by atoms with Gasteiger partial charge in [-0.15, -0.1) is 0 Å². The Morgan fingerprint density at radius 3 is 1.77 bits per heavy atom. The minimum atomic E-state index is -0.307. The average molecular weight is 545 g/mol. The fraction of sp³-hybridized carbons (Fsp3) is 0.667. The van der Waals surface area contributed by atoms with Crippen LogP contribution in [0.1, 0.15) is 116 Å². The highest BCUT2D eigenvalue weighted by Crippen LogP contribution is 2.38. The van der Waals surface area contributed by atoms with Gasteiger partial charge in [0.2, 0.25) is 5.91 Å². The lowest BCUT2D eigenvalue weighted by molar-refractivity contribution is -0.119. The van der Waals surface area contributed by atoms with Crippen LogP contribution < -0.4 is 10.3 Å². The molecule has 2 rings (SSSR count). The molecule has 5 nitrogen and oxygen atoms in total. The number of carbonyl (C=O) groups is 2. The lowest BCUT2D eigenvalue weighted by Gasteiger charge is -2.15. The summed E-state index contributed by atoms with van der Waals surface area (Å²) in [5.41, 5.74) is 0.273. The van der Waals surface area contributed by atoms with Gasteiger partial charge in [0.05, 0.1) is 16.5 Å². The Labute approximate surface area is 225 Å². The predicted molar refractivity (Wildman–Crippen MR) is 149 cm³/mol. The Bertz CT molecular complexity index is 822. The van der Waals surface area contributed by atoms with Crippen LogP contribution in [0.2, 0.25) is 15.1 Å². The summed E-state index contributed by atoms with van der Waals surface area (Å²) in [7, 11) is 0. The molecule has 0 aliphatic carbocycles. The van der Waals surface area contributed by atoms with Crippen LogP contribution in [0.15, 0.2) is 17.2 Å². The van der Waals surface area contributed by atoms with Gasteiger partial charge >= 0.3 is 0 Å². The number of nitrogens with one attached hydrogen (secondary N) is 1. The Kier molecular flexibility index (Phi) is 14.7. The molecular weight excluding hydrogens is 505 g/mol. The van der Waals surface area contributed by atoms with E-state index in [9.17, 15) is 9.59 Å². The molecule has 1 aromatic carbocycles. The van der Waals surface area contributed by atoms with Crippen molar-refractivity contribution in [2.75, 3.05) is 5.01 Å². The third kappa shape index (κ3) is 11.5. The van der Waals surface area contributed by atoms with Gasteiger partial charge in [0.25, 0.3) is 5.91 Å². The van der Waals surface area contributed by atoms with Crippen molar-refractivity contribution >= 4 is 58.1 Å². The van der Waals surface area contributed by atoms with Crippen LogP contribution in [0.5, 0.6) is 0 Å². The molecule has 0 fully saturated rings. The largest absolute Gasteiger partial charge is 0.312 e. The van der Waals surface area contributed by atoms with Gasteiger partial charge in [-0.05, 0) is 18.6 Å². The summed E-state index contributed by atoms with van der Waals surface area (Å²) in [5, 5.41) is 8.91. The van der Waals surface area contributed by atoms with Crippen molar-refractivity contribution in [3.8, 4) is 0 Å². The van der Waals surface area contributed by atoms with Crippen molar-refractivity contribution in [3.63, 3.8) is 0 Å². The van der Waals surface area contributed by atoms with Crippen molar-refractivity contribution in [1.29, 1.82) is 0 Å². The summed E-state index contributed by atoms with van der Waals surface area (Å²) < 4.78 is 0. The highest BCUT2D eigenvalue weighted by molar-refractivity contribution is 6.42. The number of amides is 2. The molecule has 1 heterocycles. The molecule has 0 aromatic heterocycles. The van der Waals surface area contributed by atoms with Crippen LogP contribution in [0, 0.1) is 0 Å². The molecule has 0 saturated heterocycles. The number of rotatable bonds is 17. The normalized spacial score (nSPS) is 13.4. The third-order valence-corrected chi connectivity index (χ3v) is 7.05. The number of halogens is 3. The van der Waals surface area contributed by atoms with Gasteiger partial charge in [0, 0.05) is 11.4 Å². The van der Waals surface area contributed by atoms with Crippen molar-refractivity contribution < 1.29 is 9.59 Å². The minimum Gasteiger partial charge on any atom is -0.312 e.